The van der Waals surface area contributed by atoms with Crippen LogP contribution in [0.3, 0.4) is 0 Å². The molecule has 19 heavy (non-hydrogen) atoms. The van der Waals surface area contributed by atoms with Gasteiger partial charge in [-0.25, -0.2) is 18.4 Å². The van der Waals surface area contributed by atoms with Gasteiger partial charge in [0.2, 0.25) is 0 Å². The van der Waals surface area contributed by atoms with E-state index in [2.05, 4.69) is 9.97 Å². The molecule has 0 saturated carbocycles. The average molecular weight is 290 g/mol. The molecule has 0 radical (unpaired) electrons. The minimum Gasteiger partial charge on any atom is -0.243 e. The van der Waals surface area contributed by atoms with Gasteiger partial charge in [0.15, 0.2) is 9.84 Å². The van der Waals surface area contributed by atoms with Crippen LogP contribution in [0.4, 0.5) is 0 Å². The Balaban J connectivity index is 2.06. The van der Waals surface area contributed by atoms with Crippen molar-refractivity contribution in [3.63, 3.8) is 0 Å². The van der Waals surface area contributed by atoms with Crippen LogP contribution in [0.15, 0.2) is 46.8 Å². The molecule has 0 atom stereocenters. The lowest BCUT2D eigenvalue weighted by atomic mass is 10.1. The van der Waals surface area contributed by atoms with Gasteiger partial charge in [-0.15, -0.1) is 11.3 Å². The summed E-state index contributed by atoms with van der Waals surface area (Å²) in [6.45, 7) is 0. The molecule has 1 aromatic carbocycles. The quantitative estimate of drug-likeness (QED) is 0.728. The van der Waals surface area contributed by atoms with E-state index in [9.17, 15) is 8.42 Å². The number of fused-ring (bicyclic) bond motifs is 1. The van der Waals surface area contributed by atoms with E-state index in [0.717, 1.165) is 21.6 Å². The number of pyridine rings is 1. The van der Waals surface area contributed by atoms with Crippen molar-refractivity contribution in [2.75, 3.05) is 6.26 Å². The predicted octanol–water partition coefficient (Wildman–Crippen LogP) is 2.76. The Bertz CT molecular complexity index is 836. The molecule has 0 N–H and O–H groups in total. The second-order valence-electron chi connectivity index (χ2n) is 4.17. The fourth-order valence-corrected chi connectivity index (χ4v) is 3.07. The fraction of sp³-hybridized carbons (Fsp3) is 0.0769. The highest BCUT2D eigenvalue weighted by Gasteiger charge is 2.08. The normalized spacial score (nSPS) is 11.8. The molecule has 0 saturated heterocycles. The highest BCUT2D eigenvalue weighted by atomic mass is 32.2. The van der Waals surface area contributed by atoms with Gasteiger partial charge in [-0.1, -0.05) is 12.1 Å². The van der Waals surface area contributed by atoms with Gasteiger partial charge in [-0.3, -0.25) is 0 Å². The summed E-state index contributed by atoms with van der Waals surface area (Å²) >= 11 is 1.49. The van der Waals surface area contributed by atoms with Crippen molar-refractivity contribution >= 4 is 31.5 Å². The van der Waals surface area contributed by atoms with Crippen LogP contribution >= 0.6 is 11.3 Å². The maximum absolute atomic E-state index is 11.4. The lowest BCUT2D eigenvalue weighted by Crippen LogP contribution is -1.96. The molecule has 0 aliphatic carbocycles. The van der Waals surface area contributed by atoms with Gasteiger partial charge < -0.3 is 0 Å². The third kappa shape index (κ3) is 2.36. The Labute approximate surface area is 114 Å². The summed E-state index contributed by atoms with van der Waals surface area (Å²) in [5.74, 6) is 0. The number of aromatic nitrogens is 2. The molecule has 2 heterocycles. The number of benzene rings is 1. The van der Waals surface area contributed by atoms with E-state index >= 15 is 0 Å². The Kier molecular flexibility index (Phi) is 2.83. The van der Waals surface area contributed by atoms with Crippen LogP contribution in [0.2, 0.25) is 0 Å². The van der Waals surface area contributed by atoms with Crippen LogP contribution in [0.1, 0.15) is 0 Å². The molecule has 0 spiro atoms. The number of hydrogen-bond acceptors (Lipinski definition) is 5. The van der Waals surface area contributed by atoms with E-state index in [1.807, 2.05) is 12.1 Å². The van der Waals surface area contributed by atoms with Crippen molar-refractivity contribution in [3.05, 3.63) is 41.9 Å². The third-order valence-electron chi connectivity index (χ3n) is 2.77. The predicted molar refractivity (Wildman–Crippen MR) is 76.0 cm³/mol. The number of rotatable bonds is 2. The topological polar surface area (TPSA) is 59.9 Å². The van der Waals surface area contributed by atoms with Gasteiger partial charge >= 0.3 is 0 Å². The first-order valence-corrected chi connectivity index (χ1v) is 8.32. The van der Waals surface area contributed by atoms with Crippen molar-refractivity contribution < 1.29 is 8.42 Å². The first-order valence-electron chi connectivity index (χ1n) is 5.55. The minimum absolute atomic E-state index is 0.315. The zero-order chi connectivity index (χ0) is 13.5. The molecule has 3 aromatic rings. The molecule has 96 valence electrons. The standard InChI is InChI=1S/C13H10N2O2S2/c1-19(16,17)10-4-2-9(3-5-10)11-6-7-12-13(15-11)18-8-14-12/h2-8H,1H3. The first kappa shape index (κ1) is 12.3. The zero-order valence-corrected chi connectivity index (χ0v) is 11.7. The number of hydrogen-bond donors (Lipinski definition) is 0. The lowest BCUT2D eigenvalue weighted by molar-refractivity contribution is 0.602. The summed E-state index contributed by atoms with van der Waals surface area (Å²) in [7, 11) is -3.16. The molecule has 0 amide bonds. The highest BCUT2D eigenvalue weighted by molar-refractivity contribution is 7.90. The Morgan fingerprint density at radius 3 is 2.47 bits per heavy atom. The van der Waals surface area contributed by atoms with Crippen LogP contribution < -0.4 is 0 Å². The number of thiazole rings is 1. The Morgan fingerprint density at radius 1 is 1.05 bits per heavy atom. The van der Waals surface area contributed by atoms with Crippen LogP contribution in [-0.4, -0.2) is 24.6 Å². The maximum Gasteiger partial charge on any atom is 0.175 e. The SMILES string of the molecule is CS(=O)(=O)c1ccc(-c2ccc3ncsc3n2)cc1. The van der Waals surface area contributed by atoms with Gasteiger partial charge in [0.1, 0.15) is 4.83 Å². The van der Waals surface area contributed by atoms with Crippen LogP contribution in [0, 0.1) is 0 Å². The molecule has 4 nitrogen and oxygen atoms in total. The van der Waals surface area contributed by atoms with E-state index < -0.39 is 9.84 Å². The molecular formula is C13H10N2O2S2. The molecule has 0 aliphatic heterocycles. The van der Waals surface area contributed by atoms with Crippen molar-refractivity contribution in [2.45, 2.75) is 4.90 Å². The zero-order valence-electron chi connectivity index (χ0n) is 10.1. The minimum atomic E-state index is -3.16. The van der Waals surface area contributed by atoms with E-state index in [1.54, 1.807) is 29.8 Å². The second-order valence-corrected chi connectivity index (χ2v) is 7.02. The van der Waals surface area contributed by atoms with Gasteiger partial charge in [0.25, 0.3) is 0 Å². The molecule has 0 aliphatic rings. The van der Waals surface area contributed by atoms with E-state index in [-0.39, 0.29) is 0 Å². The number of nitrogens with zero attached hydrogens (tertiary/aromatic N) is 2. The van der Waals surface area contributed by atoms with Crippen molar-refractivity contribution in [1.29, 1.82) is 0 Å². The van der Waals surface area contributed by atoms with Crippen LogP contribution in [0.5, 0.6) is 0 Å². The smallest absolute Gasteiger partial charge is 0.175 e. The summed E-state index contributed by atoms with van der Waals surface area (Å²) in [6.07, 6.45) is 1.20. The number of sulfone groups is 1. The average Bonchev–Trinajstić information content (AvgIpc) is 2.85. The molecule has 3 rings (SSSR count). The lowest BCUT2D eigenvalue weighted by Gasteiger charge is -2.02. The molecule has 0 unspecified atom stereocenters. The largest absolute Gasteiger partial charge is 0.243 e. The second kappa shape index (κ2) is 4.40. The van der Waals surface area contributed by atoms with Crippen molar-refractivity contribution in [3.8, 4) is 11.3 Å². The summed E-state index contributed by atoms with van der Waals surface area (Å²) in [5.41, 5.74) is 4.34. The maximum atomic E-state index is 11.4. The summed E-state index contributed by atoms with van der Waals surface area (Å²) in [6, 6.07) is 10.5. The van der Waals surface area contributed by atoms with E-state index in [1.165, 1.54) is 17.6 Å². The summed E-state index contributed by atoms with van der Waals surface area (Å²) in [4.78, 5) is 9.87. The summed E-state index contributed by atoms with van der Waals surface area (Å²) in [5, 5.41) is 0. The van der Waals surface area contributed by atoms with Crippen LogP contribution in [-0.2, 0) is 9.84 Å². The monoisotopic (exact) mass is 290 g/mol. The van der Waals surface area contributed by atoms with E-state index in [4.69, 9.17) is 0 Å². The summed E-state index contributed by atoms with van der Waals surface area (Å²) < 4.78 is 22.8. The molecule has 2 aromatic heterocycles. The van der Waals surface area contributed by atoms with Crippen molar-refractivity contribution in [1.82, 2.24) is 9.97 Å². The first-order chi connectivity index (χ1) is 9.04. The fourth-order valence-electron chi connectivity index (χ4n) is 1.78. The van der Waals surface area contributed by atoms with E-state index in [0.29, 0.717) is 4.90 Å². The molecular weight excluding hydrogens is 280 g/mol. The Morgan fingerprint density at radius 2 is 1.79 bits per heavy atom. The van der Waals surface area contributed by atoms with Gasteiger partial charge in [-0.2, -0.15) is 0 Å². The molecule has 0 fully saturated rings. The molecule has 0 bridgehead atoms. The van der Waals surface area contributed by atoms with Crippen molar-refractivity contribution in [2.24, 2.45) is 0 Å². The van der Waals surface area contributed by atoms with Gasteiger partial charge in [0, 0.05) is 11.8 Å². The molecule has 6 heteroatoms. The third-order valence-corrected chi connectivity index (χ3v) is 4.64. The van der Waals surface area contributed by atoms with Crippen LogP contribution in [0.25, 0.3) is 21.6 Å². The Hall–Kier alpha value is -1.79. The highest BCUT2D eigenvalue weighted by Crippen LogP contribution is 2.23. The van der Waals surface area contributed by atoms with Gasteiger partial charge in [0.05, 0.1) is 21.6 Å². The van der Waals surface area contributed by atoms with Gasteiger partial charge in [-0.05, 0) is 24.3 Å².